The molecule has 2 heterocycles. The Morgan fingerprint density at radius 1 is 1.40 bits per heavy atom. The lowest BCUT2D eigenvalue weighted by Crippen LogP contribution is -2.17. The molecule has 0 saturated heterocycles. The van der Waals surface area contributed by atoms with Gasteiger partial charge in [0.25, 0.3) is 0 Å². The molecule has 2 N–H and O–H groups in total. The summed E-state index contributed by atoms with van der Waals surface area (Å²) in [6, 6.07) is 0.201. The highest BCUT2D eigenvalue weighted by Gasteiger charge is 2.13. The number of aromatic nitrogens is 6. The number of H-pyrrole nitrogens is 1. The van der Waals surface area contributed by atoms with Gasteiger partial charge in [-0.3, -0.25) is 4.57 Å². The summed E-state index contributed by atoms with van der Waals surface area (Å²) >= 11 is 1.17. The van der Waals surface area contributed by atoms with E-state index in [0.717, 1.165) is 6.42 Å². The lowest BCUT2D eigenvalue weighted by atomic mass is 10.5. The smallest absolute Gasteiger partial charge is 0.343 e. The summed E-state index contributed by atoms with van der Waals surface area (Å²) < 4.78 is 6.55. The number of hydrogen-bond acceptors (Lipinski definition) is 8. The molecule has 2 aromatic heterocycles. The molecule has 0 aromatic carbocycles. The monoisotopic (exact) mass is 297 g/mol. The minimum absolute atomic E-state index is 0.201. The van der Waals surface area contributed by atoms with Gasteiger partial charge in [-0.2, -0.15) is 15.0 Å². The first-order valence-corrected chi connectivity index (χ1v) is 6.80. The predicted molar refractivity (Wildman–Crippen MR) is 73.2 cm³/mol. The molecule has 0 saturated carbocycles. The van der Waals surface area contributed by atoms with E-state index in [1.807, 2.05) is 6.92 Å². The Balaban J connectivity index is 2.32. The van der Waals surface area contributed by atoms with Crippen molar-refractivity contribution in [3.8, 4) is 6.01 Å². The zero-order chi connectivity index (χ0) is 14.5. The average Bonchev–Trinajstić information content (AvgIpc) is 2.80. The second kappa shape index (κ2) is 6.37. The Hall–Kier alpha value is -2.10. The summed E-state index contributed by atoms with van der Waals surface area (Å²) in [6.07, 6.45) is 0.829. The molecule has 20 heavy (non-hydrogen) atoms. The van der Waals surface area contributed by atoms with Crippen molar-refractivity contribution in [2.45, 2.75) is 30.2 Å². The van der Waals surface area contributed by atoms with Crippen LogP contribution in [-0.4, -0.2) is 43.9 Å². The molecule has 0 atom stereocenters. The van der Waals surface area contributed by atoms with Gasteiger partial charge in [-0.25, -0.2) is 9.89 Å². The molecule has 2 rings (SSSR count). The van der Waals surface area contributed by atoms with Crippen molar-refractivity contribution in [2.75, 3.05) is 19.5 Å². The molecule has 0 aliphatic heterocycles. The zero-order valence-corrected chi connectivity index (χ0v) is 12.2. The Bertz CT molecular complexity index is 617. The first-order valence-electron chi connectivity index (χ1n) is 5.98. The molecular weight excluding hydrogens is 282 g/mol. The van der Waals surface area contributed by atoms with E-state index in [1.54, 1.807) is 11.6 Å². The summed E-state index contributed by atoms with van der Waals surface area (Å²) in [5, 5.41) is 10.1. The van der Waals surface area contributed by atoms with Crippen LogP contribution in [0.1, 0.15) is 13.3 Å². The van der Waals surface area contributed by atoms with Crippen LogP contribution in [0.5, 0.6) is 6.01 Å². The van der Waals surface area contributed by atoms with Crippen LogP contribution in [0.25, 0.3) is 0 Å². The molecule has 0 aliphatic carbocycles. The number of hydrogen-bond donors (Lipinski definition) is 2. The number of ether oxygens (including phenoxy) is 1. The predicted octanol–water partition coefficient (Wildman–Crippen LogP) is 0.368. The van der Waals surface area contributed by atoms with E-state index in [9.17, 15) is 4.79 Å². The van der Waals surface area contributed by atoms with Gasteiger partial charge in [0.15, 0.2) is 5.16 Å². The maximum atomic E-state index is 11.6. The van der Waals surface area contributed by atoms with E-state index in [1.165, 1.54) is 18.9 Å². The minimum atomic E-state index is -0.246. The highest BCUT2D eigenvalue weighted by atomic mass is 32.2. The first-order chi connectivity index (χ1) is 9.67. The third-order valence-electron chi connectivity index (χ3n) is 2.35. The van der Waals surface area contributed by atoms with Gasteiger partial charge < -0.3 is 10.1 Å². The molecule has 0 spiro atoms. The Morgan fingerprint density at radius 2 is 2.20 bits per heavy atom. The molecule has 0 bridgehead atoms. The molecule has 108 valence electrons. The van der Waals surface area contributed by atoms with Crippen molar-refractivity contribution in [1.82, 2.24) is 29.7 Å². The molecule has 2 aromatic rings. The lowest BCUT2D eigenvalue weighted by Gasteiger charge is -2.05. The summed E-state index contributed by atoms with van der Waals surface area (Å²) in [5.41, 5.74) is -0.246. The van der Waals surface area contributed by atoms with Crippen LogP contribution >= 0.6 is 11.8 Å². The lowest BCUT2D eigenvalue weighted by molar-refractivity contribution is 0.373. The van der Waals surface area contributed by atoms with E-state index < -0.39 is 0 Å². The van der Waals surface area contributed by atoms with E-state index in [-0.39, 0.29) is 11.7 Å². The number of nitrogens with one attached hydrogen (secondary N) is 2. The molecule has 9 nitrogen and oxygen atoms in total. The molecule has 0 amide bonds. The van der Waals surface area contributed by atoms with Crippen LogP contribution in [0, 0.1) is 0 Å². The van der Waals surface area contributed by atoms with Gasteiger partial charge in [-0.05, 0) is 18.2 Å². The fraction of sp³-hybridized carbons (Fsp3) is 0.500. The fourth-order valence-electron chi connectivity index (χ4n) is 1.47. The molecule has 0 aliphatic rings. The highest BCUT2D eigenvalue weighted by molar-refractivity contribution is 7.99. The number of nitrogens with zero attached hydrogens (tertiary/aromatic N) is 5. The molecule has 0 radical (unpaired) electrons. The van der Waals surface area contributed by atoms with Crippen LogP contribution in [0.15, 0.2) is 15.1 Å². The maximum Gasteiger partial charge on any atom is 0.343 e. The van der Waals surface area contributed by atoms with Crippen molar-refractivity contribution in [3.63, 3.8) is 0 Å². The van der Waals surface area contributed by atoms with Gasteiger partial charge in [0.1, 0.15) is 0 Å². The van der Waals surface area contributed by atoms with Gasteiger partial charge in [-0.1, -0.05) is 6.92 Å². The van der Waals surface area contributed by atoms with Crippen molar-refractivity contribution >= 4 is 17.7 Å². The summed E-state index contributed by atoms with van der Waals surface area (Å²) in [4.78, 5) is 23.9. The third kappa shape index (κ3) is 3.07. The van der Waals surface area contributed by atoms with Gasteiger partial charge in [0, 0.05) is 13.6 Å². The Morgan fingerprint density at radius 3 is 2.85 bits per heavy atom. The van der Waals surface area contributed by atoms with Crippen LogP contribution < -0.4 is 15.7 Å². The first kappa shape index (κ1) is 14.3. The maximum absolute atomic E-state index is 11.6. The minimum Gasteiger partial charge on any atom is -0.467 e. The Kier molecular flexibility index (Phi) is 4.56. The number of methoxy groups -OCH3 is 1. The van der Waals surface area contributed by atoms with Gasteiger partial charge in [0.2, 0.25) is 11.1 Å². The zero-order valence-electron chi connectivity index (χ0n) is 11.4. The SMILES string of the molecule is CCCn1c(Sc2nc(NC)nc(OC)n2)n[nH]c1=O. The normalized spacial score (nSPS) is 10.6. The molecule has 0 fully saturated rings. The van der Waals surface area contributed by atoms with Crippen molar-refractivity contribution in [3.05, 3.63) is 10.5 Å². The van der Waals surface area contributed by atoms with Crippen molar-refractivity contribution < 1.29 is 4.74 Å². The number of anilines is 1. The van der Waals surface area contributed by atoms with Crippen LogP contribution in [0.3, 0.4) is 0 Å². The van der Waals surface area contributed by atoms with E-state index in [0.29, 0.717) is 22.8 Å². The summed E-state index contributed by atoms with van der Waals surface area (Å²) in [5.74, 6) is 0.388. The Labute approximate surface area is 119 Å². The second-order valence-electron chi connectivity index (χ2n) is 3.74. The quantitative estimate of drug-likeness (QED) is 0.786. The van der Waals surface area contributed by atoms with E-state index in [2.05, 4.69) is 30.5 Å². The van der Waals surface area contributed by atoms with Crippen LogP contribution in [0.4, 0.5) is 5.95 Å². The van der Waals surface area contributed by atoms with Crippen molar-refractivity contribution in [2.24, 2.45) is 0 Å². The standard InChI is InChI=1S/C10H15N7O2S/c1-4-5-17-9(18)15-16-10(17)20-8-13-6(11-2)12-7(14-8)19-3/h4-5H2,1-3H3,(H,15,18)(H,11,12,13,14). The molecular formula is C10H15N7O2S. The van der Waals surface area contributed by atoms with Crippen molar-refractivity contribution in [1.29, 1.82) is 0 Å². The van der Waals surface area contributed by atoms with E-state index in [4.69, 9.17) is 4.74 Å². The second-order valence-corrected chi connectivity index (χ2v) is 4.68. The largest absolute Gasteiger partial charge is 0.467 e. The number of rotatable bonds is 6. The van der Waals surface area contributed by atoms with Gasteiger partial charge in [0.05, 0.1) is 7.11 Å². The highest BCUT2D eigenvalue weighted by Crippen LogP contribution is 2.23. The molecule has 10 heteroatoms. The van der Waals surface area contributed by atoms with Crippen LogP contribution in [-0.2, 0) is 6.54 Å². The van der Waals surface area contributed by atoms with Crippen LogP contribution in [0.2, 0.25) is 0 Å². The molecule has 0 unspecified atom stereocenters. The average molecular weight is 297 g/mol. The van der Waals surface area contributed by atoms with E-state index >= 15 is 0 Å². The number of aromatic amines is 1. The third-order valence-corrected chi connectivity index (χ3v) is 3.21. The topological polar surface area (TPSA) is 111 Å². The summed E-state index contributed by atoms with van der Waals surface area (Å²) in [6.45, 7) is 2.57. The van der Waals surface area contributed by atoms with Gasteiger partial charge in [-0.15, -0.1) is 5.10 Å². The summed E-state index contributed by atoms with van der Waals surface area (Å²) in [7, 11) is 3.18. The van der Waals surface area contributed by atoms with Gasteiger partial charge >= 0.3 is 11.7 Å². The fourth-order valence-corrected chi connectivity index (χ4v) is 2.27.